The number of likely N-dealkylation sites (tertiary alicyclic amines) is 1. The smallest absolute Gasteiger partial charge is 0.329 e. The molecule has 2 saturated carbocycles. The van der Waals surface area contributed by atoms with Crippen LogP contribution in [-0.4, -0.2) is 68.8 Å². The zero-order valence-corrected chi connectivity index (χ0v) is 23.8. The number of nitrogens with zero attached hydrogens (tertiary/aromatic N) is 1. The Kier molecular flexibility index (Phi) is 8.22. The number of nitrogens with one attached hydrogen (secondary N) is 1. The molecule has 4 N–H and O–H groups in total. The van der Waals surface area contributed by atoms with Gasteiger partial charge in [0.15, 0.2) is 11.5 Å². The third-order valence-corrected chi connectivity index (χ3v) is 9.87. The lowest BCUT2D eigenvalue weighted by atomic mass is 9.70. The Morgan fingerprint density at radius 1 is 1.13 bits per heavy atom. The van der Waals surface area contributed by atoms with E-state index in [-0.39, 0.29) is 52.6 Å². The Hall–Kier alpha value is -2.81. The average molecular weight is 545 g/mol. The van der Waals surface area contributed by atoms with Gasteiger partial charge in [0.2, 0.25) is 11.8 Å². The number of rotatable bonds is 9. The molecule has 9 heteroatoms. The van der Waals surface area contributed by atoms with E-state index in [9.17, 15) is 29.7 Å². The third kappa shape index (κ3) is 5.60. The lowest BCUT2D eigenvalue weighted by molar-refractivity contribution is -0.165. The van der Waals surface area contributed by atoms with E-state index in [0.717, 1.165) is 19.3 Å². The maximum absolute atomic E-state index is 13.7. The number of esters is 1. The summed E-state index contributed by atoms with van der Waals surface area (Å²) in [6.07, 6.45) is 2.89. The molecule has 1 aromatic rings. The molecule has 0 aromatic heterocycles. The summed E-state index contributed by atoms with van der Waals surface area (Å²) in [5.41, 5.74) is 0.494. The van der Waals surface area contributed by atoms with Crippen molar-refractivity contribution in [1.82, 2.24) is 10.2 Å². The summed E-state index contributed by atoms with van der Waals surface area (Å²) in [6, 6.07) is 2.49. The summed E-state index contributed by atoms with van der Waals surface area (Å²) in [4.78, 5) is 41.5. The second-order valence-electron chi connectivity index (χ2n) is 13.0. The number of phenols is 2. The van der Waals surface area contributed by atoms with Crippen LogP contribution < -0.4 is 5.32 Å². The van der Waals surface area contributed by atoms with Gasteiger partial charge in [0.1, 0.15) is 24.3 Å². The second kappa shape index (κ2) is 11.0. The number of carbonyl (C=O) groups excluding carboxylic acids is 3. The molecule has 3 fully saturated rings. The number of benzene rings is 1. The highest BCUT2D eigenvalue weighted by atomic mass is 16.5. The fraction of sp³-hybridized carbons (Fsp3) is 0.700. The molecule has 0 radical (unpaired) electrons. The maximum Gasteiger partial charge on any atom is 0.329 e. The van der Waals surface area contributed by atoms with Gasteiger partial charge in [-0.25, -0.2) is 4.79 Å². The summed E-state index contributed by atoms with van der Waals surface area (Å²) in [5.74, 6) is -1.45. The molecular weight excluding hydrogens is 500 g/mol. The van der Waals surface area contributed by atoms with Crippen LogP contribution in [0, 0.1) is 22.7 Å². The molecule has 9 nitrogen and oxygen atoms in total. The highest BCUT2D eigenvalue weighted by Crippen LogP contribution is 2.66. The first-order chi connectivity index (χ1) is 18.2. The van der Waals surface area contributed by atoms with Crippen molar-refractivity contribution >= 4 is 17.8 Å². The van der Waals surface area contributed by atoms with Crippen LogP contribution in [0.25, 0.3) is 0 Å². The Balaban J connectivity index is 1.41. The first-order valence-corrected chi connectivity index (χ1v) is 14.2. The van der Waals surface area contributed by atoms with E-state index in [1.807, 2.05) is 13.8 Å². The van der Waals surface area contributed by atoms with Gasteiger partial charge < -0.3 is 30.3 Å². The molecule has 1 saturated heterocycles. The molecule has 2 amide bonds. The SMILES string of the molecule is CC(C)CC(NC(=O)C(O)Cc1ccc(O)c(O)c1)C(=O)N1CCCC1C(=O)OC1CC2CC[C@@]1(C)C2(C)C. The number of fused-ring (bicyclic) bond motifs is 2. The van der Waals surface area contributed by atoms with Gasteiger partial charge in [-0.2, -0.15) is 0 Å². The quantitative estimate of drug-likeness (QED) is 0.277. The van der Waals surface area contributed by atoms with Crippen LogP contribution in [-0.2, 0) is 25.5 Å². The van der Waals surface area contributed by atoms with Crippen molar-refractivity contribution in [3.8, 4) is 11.5 Å². The van der Waals surface area contributed by atoms with Gasteiger partial charge in [0.25, 0.3) is 0 Å². The molecule has 6 atom stereocenters. The molecule has 0 spiro atoms. The minimum atomic E-state index is -1.46. The number of aromatic hydroxyl groups is 2. The molecule has 5 unspecified atom stereocenters. The Morgan fingerprint density at radius 2 is 1.85 bits per heavy atom. The number of hydrogen-bond donors (Lipinski definition) is 4. The van der Waals surface area contributed by atoms with Crippen LogP contribution in [0.1, 0.15) is 78.7 Å². The summed E-state index contributed by atoms with van der Waals surface area (Å²) in [6.45, 7) is 11.0. The number of hydrogen-bond acceptors (Lipinski definition) is 7. The van der Waals surface area contributed by atoms with Gasteiger partial charge in [-0.3, -0.25) is 9.59 Å². The largest absolute Gasteiger partial charge is 0.504 e. The lowest BCUT2D eigenvalue weighted by Crippen LogP contribution is -2.54. The van der Waals surface area contributed by atoms with Gasteiger partial charge in [-0.15, -0.1) is 0 Å². The van der Waals surface area contributed by atoms with Gasteiger partial charge >= 0.3 is 5.97 Å². The van der Waals surface area contributed by atoms with E-state index in [2.05, 4.69) is 26.1 Å². The molecule has 1 aliphatic heterocycles. The average Bonchev–Trinajstić information content (AvgIpc) is 3.49. The van der Waals surface area contributed by atoms with Crippen molar-refractivity contribution in [2.75, 3.05) is 6.54 Å². The Morgan fingerprint density at radius 3 is 2.44 bits per heavy atom. The molecule has 39 heavy (non-hydrogen) atoms. The highest BCUT2D eigenvalue weighted by Gasteiger charge is 2.63. The minimum Gasteiger partial charge on any atom is -0.504 e. The first-order valence-electron chi connectivity index (χ1n) is 14.2. The maximum atomic E-state index is 13.7. The molecule has 2 aliphatic carbocycles. The molecule has 2 bridgehead atoms. The number of amides is 2. The van der Waals surface area contributed by atoms with E-state index < -0.39 is 24.1 Å². The van der Waals surface area contributed by atoms with Crippen LogP contribution in [0.5, 0.6) is 11.5 Å². The van der Waals surface area contributed by atoms with Crippen molar-refractivity contribution < 1.29 is 34.4 Å². The Bertz CT molecular complexity index is 1100. The first kappa shape index (κ1) is 29.2. The van der Waals surface area contributed by atoms with Gasteiger partial charge in [0, 0.05) is 18.4 Å². The predicted molar refractivity (Wildman–Crippen MR) is 145 cm³/mol. The van der Waals surface area contributed by atoms with Gasteiger partial charge in [0.05, 0.1) is 0 Å². The molecule has 216 valence electrons. The van der Waals surface area contributed by atoms with Gasteiger partial charge in [-0.1, -0.05) is 40.7 Å². The van der Waals surface area contributed by atoms with E-state index >= 15 is 0 Å². The number of aliphatic hydroxyl groups excluding tert-OH is 1. The van der Waals surface area contributed by atoms with E-state index in [0.29, 0.717) is 37.3 Å². The topological polar surface area (TPSA) is 136 Å². The monoisotopic (exact) mass is 544 g/mol. The standard InChI is InChI=1S/C30H44N2O7/c1-17(2)13-20(31-26(36)24(35)15-18-8-9-22(33)23(34)14-18)27(37)32-12-6-7-21(32)28(38)39-25-16-19-10-11-30(25,5)29(19,3)4/h8-9,14,17,19-21,24-25,33-35H,6-7,10-13,15-16H2,1-5H3,(H,31,36)/t19?,20?,21?,24?,25?,30-/m1/s1. The molecule has 1 heterocycles. The number of phenolic OH excluding ortho intramolecular Hbond substituents is 2. The number of carbonyl (C=O) groups is 3. The summed E-state index contributed by atoms with van der Waals surface area (Å²) >= 11 is 0. The third-order valence-electron chi connectivity index (χ3n) is 9.87. The van der Waals surface area contributed by atoms with Crippen LogP contribution in [0.4, 0.5) is 0 Å². The lowest BCUT2D eigenvalue weighted by Gasteiger charge is -2.39. The van der Waals surface area contributed by atoms with Crippen LogP contribution in [0.2, 0.25) is 0 Å². The van der Waals surface area contributed by atoms with Crippen LogP contribution in [0.3, 0.4) is 0 Å². The van der Waals surface area contributed by atoms with Crippen LogP contribution in [0.15, 0.2) is 18.2 Å². The normalized spacial score (nSPS) is 28.9. The van der Waals surface area contributed by atoms with Crippen molar-refractivity contribution in [3.63, 3.8) is 0 Å². The molecule has 4 rings (SSSR count). The minimum absolute atomic E-state index is 0.0701. The van der Waals surface area contributed by atoms with E-state index in [1.165, 1.54) is 18.2 Å². The van der Waals surface area contributed by atoms with E-state index in [4.69, 9.17) is 4.74 Å². The van der Waals surface area contributed by atoms with Crippen LogP contribution >= 0.6 is 0 Å². The molecule has 3 aliphatic rings. The number of aliphatic hydroxyl groups is 1. The summed E-state index contributed by atoms with van der Waals surface area (Å²) in [7, 11) is 0. The zero-order chi connectivity index (χ0) is 28.7. The second-order valence-corrected chi connectivity index (χ2v) is 13.0. The van der Waals surface area contributed by atoms with Crippen molar-refractivity contribution in [2.24, 2.45) is 22.7 Å². The van der Waals surface area contributed by atoms with Crippen molar-refractivity contribution in [1.29, 1.82) is 0 Å². The summed E-state index contributed by atoms with van der Waals surface area (Å²) in [5, 5.41) is 32.4. The highest BCUT2D eigenvalue weighted by molar-refractivity contribution is 5.92. The fourth-order valence-corrected chi connectivity index (χ4v) is 6.98. The molecular formula is C30H44N2O7. The molecule has 1 aromatic carbocycles. The van der Waals surface area contributed by atoms with Crippen molar-refractivity contribution in [2.45, 2.75) is 104 Å². The fourth-order valence-electron chi connectivity index (χ4n) is 6.98. The number of ether oxygens (including phenoxy) is 1. The zero-order valence-electron chi connectivity index (χ0n) is 23.8. The van der Waals surface area contributed by atoms with E-state index in [1.54, 1.807) is 4.90 Å². The van der Waals surface area contributed by atoms with Gasteiger partial charge in [-0.05, 0) is 73.5 Å². The predicted octanol–water partition coefficient (Wildman–Crippen LogP) is 3.28. The Labute approximate surface area is 230 Å². The summed E-state index contributed by atoms with van der Waals surface area (Å²) < 4.78 is 6.11. The van der Waals surface area contributed by atoms with Crippen molar-refractivity contribution in [3.05, 3.63) is 23.8 Å².